The Bertz CT molecular complexity index is 504. The van der Waals surface area contributed by atoms with Crippen LogP contribution in [-0.4, -0.2) is 23.9 Å². The Hall–Kier alpha value is -1.85. The first-order valence-corrected chi connectivity index (χ1v) is 7.08. The third-order valence-electron chi connectivity index (χ3n) is 2.89. The van der Waals surface area contributed by atoms with E-state index in [4.69, 9.17) is 10.5 Å². The van der Waals surface area contributed by atoms with Crippen molar-refractivity contribution in [1.29, 1.82) is 10.5 Å². The molecule has 0 spiro atoms. The molecular weight excluding hydrogens is 258 g/mol. The molecule has 1 aromatic heterocycles. The van der Waals surface area contributed by atoms with Crippen molar-refractivity contribution >= 4 is 17.2 Å². The fourth-order valence-corrected chi connectivity index (χ4v) is 2.90. The topological polar surface area (TPSA) is 67.9 Å². The van der Waals surface area contributed by atoms with Crippen molar-refractivity contribution in [3.63, 3.8) is 0 Å². The van der Waals surface area contributed by atoms with Crippen LogP contribution in [0.15, 0.2) is 6.07 Å². The highest BCUT2D eigenvalue weighted by Crippen LogP contribution is 2.23. The molecule has 0 fully saturated rings. The molecule has 0 aromatic carbocycles. The summed E-state index contributed by atoms with van der Waals surface area (Å²) in [6, 6.07) is 6.00. The van der Waals surface area contributed by atoms with Gasteiger partial charge in [0.05, 0.1) is 29.9 Å². The number of thiophene rings is 1. The van der Waals surface area contributed by atoms with Crippen molar-refractivity contribution in [3.8, 4) is 12.1 Å². The molecule has 100 valence electrons. The third-order valence-corrected chi connectivity index (χ3v) is 3.97. The van der Waals surface area contributed by atoms with Crippen molar-refractivity contribution in [3.05, 3.63) is 21.4 Å². The van der Waals surface area contributed by atoms with E-state index in [9.17, 15) is 4.79 Å². The van der Waals surface area contributed by atoms with Gasteiger partial charge >= 0.3 is 0 Å². The monoisotopic (exact) mass is 275 g/mol. The lowest BCUT2D eigenvalue weighted by Gasteiger charge is -2.19. The quantitative estimate of drug-likeness (QED) is 0.801. The van der Waals surface area contributed by atoms with Crippen molar-refractivity contribution in [2.45, 2.75) is 33.1 Å². The lowest BCUT2D eigenvalue weighted by atomic mass is 10.2. The Labute approximate surface area is 117 Å². The molecule has 1 heterocycles. The van der Waals surface area contributed by atoms with Crippen molar-refractivity contribution < 1.29 is 4.79 Å². The molecule has 0 atom stereocenters. The van der Waals surface area contributed by atoms with E-state index in [1.807, 2.05) is 25.1 Å². The molecule has 19 heavy (non-hydrogen) atoms. The summed E-state index contributed by atoms with van der Waals surface area (Å²) in [5, 5.41) is 17.3. The first-order valence-electron chi connectivity index (χ1n) is 6.26. The van der Waals surface area contributed by atoms with Gasteiger partial charge in [-0.15, -0.1) is 11.3 Å². The van der Waals surface area contributed by atoms with Crippen LogP contribution in [0.1, 0.15) is 39.9 Å². The maximum Gasteiger partial charge on any atom is 0.264 e. The summed E-state index contributed by atoms with van der Waals surface area (Å²) in [6.07, 6.45) is 1.50. The fourth-order valence-electron chi connectivity index (χ4n) is 1.82. The normalized spacial score (nSPS) is 9.68. The second kappa shape index (κ2) is 7.56. The molecule has 0 unspecified atom stereocenters. The Morgan fingerprint density at radius 3 is 2.32 bits per heavy atom. The Morgan fingerprint density at radius 2 is 1.89 bits per heavy atom. The van der Waals surface area contributed by atoms with Crippen LogP contribution in [0.25, 0.3) is 0 Å². The summed E-state index contributed by atoms with van der Waals surface area (Å²) in [4.78, 5) is 15.8. The summed E-state index contributed by atoms with van der Waals surface area (Å²) in [7, 11) is 0. The van der Waals surface area contributed by atoms with E-state index in [2.05, 4.69) is 6.92 Å². The van der Waals surface area contributed by atoms with Crippen LogP contribution in [0.2, 0.25) is 0 Å². The lowest BCUT2D eigenvalue weighted by Crippen LogP contribution is -2.32. The SMILES string of the molecule is CCc1cc(C(=O)N(CCC#N)CCC#N)sc1C. The van der Waals surface area contributed by atoms with Gasteiger partial charge in [-0.25, -0.2) is 0 Å². The first-order chi connectivity index (χ1) is 9.13. The van der Waals surface area contributed by atoms with Crippen LogP contribution < -0.4 is 0 Å². The maximum absolute atomic E-state index is 12.4. The van der Waals surface area contributed by atoms with Gasteiger partial charge in [-0.2, -0.15) is 10.5 Å². The molecule has 1 amide bonds. The second-order valence-electron chi connectivity index (χ2n) is 4.15. The average Bonchev–Trinajstić information content (AvgIpc) is 2.79. The molecule has 0 radical (unpaired) electrons. The minimum Gasteiger partial charge on any atom is -0.336 e. The van der Waals surface area contributed by atoms with Gasteiger partial charge in [0, 0.05) is 18.0 Å². The van der Waals surface area contributed by atoms with E-state index >= 15 is 0 Å². The minimum absolute atomic E-state index is 0.0710. The molecule has 0 aliphatic rings. The van der Waals surface area contributed by atoms with Crippen molar-refractivity contribution in [2.75, 3.05) is 13.1 Å². The predicted molar refractivity (Wildman–Crippen MR) is 74.8 cm³/mol. The molecule has 0 aliphatic carbocycles. The minimum atomic E-state index is -0.0710. The van der Waals surface area contributed by atoms with Gasteiger partial charge in [0.1, 0.15) is 0 Å². The number of hydrogen-bond donors (Lipinski definition) is 0. The van der Waals surface area contributed by atoms with E-state index < -0.39 is 0 Å². The average molecular weight is 275 g/mol. The maximum atomic E-state index is 12.4. The zero-order valence-corrected chi connectivity index (χ0v) is 12.1. The van der Waals surface area contributed by atoms with Gasteiger partial charge in [-0.1, -0.05) is 6.92 Å². The third kappa shape index (κ3) is 4.08. The van der Waals surface area contributed by atoms with Crippen LogP contribution in [0.5, 0.6) is 0 Å². The molecule has 0 saturated carbocycles. The van der Waals surface area contributed by atoms with E-state index in [0.29, 0.717) is 30.8 Å². The van der Waals surface area contributed by atoms with Gasteiger partial charge in [0.15, 0.2) is 0 Å². The Morgan fingerprint density at radius 1 is 1.32 bits per heavy atom. The Balaban J connectivity index is 2.85. The van der Waals surface area contributed by atoms with Gasteiger partial charge in [-0.3, -0.25) is 4.79 Å². The number of aryl methyl sites for hydroxylation is 2. The Kier molecular flexibility index (Phi) is 6.05. The first kappa shape index (κ1) is 15.2. The molecular formula is C14H17N3OS. The molecule has 4 nitrogen and oxygen atoms in total. The summed E-state index contributed by atoms with van der Waals surface area (Å²) in [6.45, 7) is 4.84. The fraction of sp³-hybridized carbons (Fsp3) is 0.500. The predicted octanol–water partition coefficient (Wildman–Crippen LogP) is 2.89. The number of amides is 1. The van der Waals surface area contributed by atoms with Crippen LogP contribution in [-0.2, 0) is 6.42 Å². The highest BCUT2D eigenvalue weighted by molar-refractivity contribution is 7.14. The zero-order valence-electron chi connectivity index (χ0n) is 11.3. The molecule has 0 saturated heterocycles. The molecule has 0 bridgehead atoms. The standard InChI is InChI=1S/C14H17N3OS/c1-3-12-10-13(19-11(12)2)14(18)17(8-4-6-15)9-5-7-16/h10H,3-5,8-9H2,1-2H3. The molecule has 5 heteroatoms. The summed E-state index contributed by atoms with van der Waals surface area (Å²) < 4.78 is 0. The smallest absolute Gasteiger partial charge is 0.264 e. The number of rotatable bonds is 6. The lowest BCUT2D eigenvalue weighted by molar-refractivity contribution is 0.0767. The second-order valence-corrected chi connectivity index (χ2v) is 5.41. The summed E-state index contributed by atoms with van der Waals surface area (Å²) in [5.74, 6) is -0.0710. The number of nitriles is 2. The van der Waals surface area contributed by atoms with Crippen LogP contribution in [0.4, 0.5) is 0 Å². The van der Waals surface area contributed by atoms with Crippen molar-refractivity contribution in [1.82, 2.24) is 4.90 Å². The number of carbonyl (C=O) groups is 1. The van der Waals surface area contributed by atoms with Gasteiger partial charge in [-0.05, 0) is 25.0 Å². The highest BCUT2D eigenvalue weighted by atomic mass is 32.1. The molecule has 1 aromatic rings. The highest BCUT2D eigenvalue weighted by Gasteiger charge is 2.18. The van der Waals surface area contributed by atoms with Crippen LogP contribution in [0, 0.1) is 29.6 Å². The summed E-state index contributed by atoms with van der Waals surface area (Å²) >= 11 is 1.49. The molecule has 0 aliphatic heterocycles. The van der Waals surface area contributed by atoms with E-state index in [1.165, 1.54) is 16.9 Å². The van der Waals surface area contributed by atoms with E-state index in [0.717, 1.165) is 11.3 Å². The number of carbonyl (C=O) groups excluding carboxylic acids is 1. The van der Waals surface area contributed by atoms with Gasteiger partial charge in [0.25, 0.3) is 5.91 Å². The number of hydrogen-bond acceptors (Lipinski definition) is 4. The van der Waals surface area contributed by atoms with Gasteiger partial charge < -0.3 is 4.90 Å². The zero-order chi connectivity index (χ0) is 14.3. The van der Waals surface area contributed by atoms with E-state index in [-0.39, 0.29) is 5.91 Å². The van der Waals surface area contributed by atoms with Crippen LogP contribution in [0.3, 0.4) is 0 Å². The largest absolute Gasteiger partial charge is 0.336 e. The molecule has 0 N–H and O–H groups in total. The molecule has 1 rings (SSSR count). The van der Waals surface area contributed by atoms with Crippen LogP contribution >= 0.6 is 11.3 Å². The number of nitrogens with zero attached hydrogens (tertiary/aromatic N) is 3. The van der Waals surface area contributed by atoms with E-state index in [1.54, 1.807) is 4.90 Å². The van der Waals surface area contributed by atoms with Gasteiger partial charge in [0.2, 0.25) is 0 Å². The summed E-state index contributed by atoms with van der Waals surface area (Å²) in [5.41, 5.74) is 1.19. The van der Waals surface area contributed by atoms with Crippen molar-refractivity contribution in [2.24, 2.45) is 0 Å².